The van der Waals surface area contributed by atoms with E-state index >= 15 is 0 Å². The van der Waals surface area contributed by atoms with Gasteiger partial charge in [0.05, 0.1) is 0 Å². The van der Waals surface area contributed by atoms with Gasteiger partial charge >= 0.3 is 0 Å². The van der Waals surface area contributed by atoms with Crippen molar-refractivity contribution in [1.29, 1.82) is 0 Å². The van der Waals surface area contributed by atoms with Crippen LogP contribution in [0.2, 0.25) is 5.02 Å². The molecule has 0 radical (unpaired) electrons. The second-order valence-corrected chi connectivity index (χ2v) is 7.68. The topological polar surface area (TPSA) is 28.2 Å². The van der Waals surface area contributed by atoms with Crippen LogP contribution >= 0.6 is 11.6 Å². The lowest BCUT2D eigenvalue weighted by Gasteiger charge is -2.30. The molecule has 4 rings (SSSR count). The lowest BCUT2D eigenvalue weighted by Crippen LogP contribution is -2.36. The summed E-state index contributed by atoms with van der Waals surface area (Å²) >= 11 is 6.53. The van der Waals surface area contributed by atoms with E-state index in [9.17, 15) is 0 Å². The Balaban J connectivity index is 1.79. The molecule has 1 aliphatic heterocycles. The third-order valence-electron chi connectivity index (χ3n) is 5.34. The maximum absolute atomic E-state index is 6.53. The molecule has 0 unspecified atom stereocenters. The smallest absolute Gasteiger partial charge is 0.0487 e. The van der Waals surface area contributed by atoms with Gasteiger partial charge < -0.3 is 10.2 Å². The fraction of sp³-hybridized carbons (Fsp3) is 0.318. The van der Waals surface area contributed by atoms with Gasteiger partial charge in [-0.2, -0.15) is 0 Å². The number of piperidine rings is 1. The summed E-state index contributed by atoms with van der Waals surface area (Å²) in [5, 5.41) is 6.94. The SMILES string of the molecule is Cc1cccc(Cl)c1-c1cc(NC2CCN(C)CC2)c2ccncc2c1. The Bertz CT molecular complexity index is 910. The van der Waals surface area contributed by atoms with Crippen LogP contribution in [0.25, 0.3) is 21.9 Å². The number of aromatic nitrogens is 1. The fourth-order valence-corrected chi connectivity index (χ4v) is 4.17. The van der Waals surface area contributed by atoms with E-state index in [4.69, 9.17) is 11.6 Å². The summed E-state index contributed by atoms with van der Waals surface area (Å²) in [5.41, 5.74) is 4.61. The van der Waals surface area contributed by atoms with Gasteiger partial charge in [0.15, 0.2) is 0 Å². The zero-order chi connectivity index (χ0) is 18.1. The van der Waals surface area contributed by atoms with Crippen LogP contribution in [0, 0.1) is 6.92 Å². The van der Waals surface area contributed by atoms with Crippen molar-refractivity contribution in [3.63, 3.8) is 0 Å². The summed E-state index contributed by atoms with van der Waals surface area (Å²) in [5.74, 6) is 0. The lowest BCUT2D eigenvalue weighted by atomic mass is 9.96. The van der Waals surface area contributed by atoms with Gasteiger partial charge in [0, 0.05) is 45.5 Å². The maximum Gasteiger partial charge on any atom is 0.0487 e. The van der Waals surface area contributed by atoms with Crippen molar-refractivity contribution >= 4 is 28.1 Å². The molecular formula is C22H24ClN3. The second kappa shape index (κ2) is 7.26. The molecule has 4 heteroatoms. The predicted octanol–water partition coefficient (Wildman–Crippen LogP) is 5.37. The summed E-state index contributed by atoms with van der Waals surface area (Å²) in [6.45, 7) is 4.39. The number of likely N-dealkylation sites (tertiary alicyclic amines) is 1. The number of fused-ring (bicyclic) bond motifs is 1. The van der Waals surface area contributed by atoms with Crippen LogP contribution in [-0.2, 0) is 0 Å². The maximum atomic E-state index is 6.53. The van der Waals surface area contributed by atoms with Crippen molar-refractivity contribution in [3.8, 4) is 11.1 Å². The number of hydrogen-bond acceptors (Lipinski definition) is 3. The average molecular weight is 366 g/mol. The van der Waals surface area contributed by atoms with E-state index in [1.54, 1.807) is 0 Å². The monoisotopic (exact) mass is 365 g/mol. The summed E-state index contributed by atoms with van der Waals surface area (Å²) in [7, 11) is 2.19. The summed E-state index contributed by atoms with van der Waals surface area (Å²) < 4.78 is 0. The standard InChI is InChI=1S/C22H24ClN3/c1-15-4-3-5-20(23)22(15)16-12-17-14-24-9-6-19(17)21(13-16)25-18-7-10-26(2)11-8-18/h3-6,9,12-14,18,25H,7-8,10-11H2,1-2H3. The second-order valence-electron chi connectivity index (χ2n) is 7.27. The molecule has 0 atom stereocenters. The molecule has 1 fully saturated rings. The average Bonchev–Trinajstić information content (AvgIpc) is 2.63. The highest BCUT2D eigenvalue weighted by atomic mass is 35.5. The Morgan fingerprint density at radius 3 is 2.73 bits per heavy atom. The van der Waals surface area contributed by atoms with E-state index in [1.807, 2.05) is 24.5 Å². The van der Waals surface area contributed by atoms with E-state index in [0.717, 1.165) is 34.6 Å². The number of halogens is 1. The number of anilines is 1. The molecule has 1 aliphatic rings. The first kappa shape index (κ1) is 17.3. The quantitative estimate of drug-likeness (QED) is 0.676. The Morgan fingerprint density at radius 1 is 1.15 bits per heavy atom. The Hall–Kier alpha value is -2.10. The first-order valence-electron chi connectivity index (χ1n) is 9.20. The number of pyridine rings is 1. The number of nitrogens with zero attached hydrogens (tertiary/aromatic N) is 2. The molecule has 3 nitrogen and oxygen atoms in total. The molecule has 1 N–H and O–H groups in total. The predicted molar refractivity (Wildman–Crippen MR) is 111 cm³/mol. The van der Waals surface area contributed by atoms with Gasteiger partial charge in [0.25, 0.3) is 0 Å². The van der Waals surface area contributed by atoms with Gasteiger partial charge in [0.1, 0.15) is 0 Å². The molecule has 0 spiro atoms. The van der Waals surface area contributed by atoms with Crippen molar-refractivity contribution in [2.75, 3.05) is 25.5 Å². The molecule has 0 saturated carbocycles. The lowest BCUT2D eigenvalue weighted by molar-refractivity contribution is 0.264. The molecule has 134 valence electrons. The highest BCUT2D eigenvalue weighted by Gasteiger charge is 2.18. The van der Waals surface area contributed by atoms with E-state index in [-0.39, 0.29) is 0 Å². The molecule has 1 aromatic heterocycles. The Morgan fingerprint density at radius 2 is 1.96 bits per heavy atom. The van der Waals surface area contributed by atoms with Crippen LogP contribution < -0.4 is 5.32 Å². The molecular weight excluding hydrogens is 342 g/mol. The fourth-order valence-electron chi connectivity index (χ4n) is 3.84. The van der Waals surface area contributed by atoms with Gasteiger partial charge in [-0.1, -0.05) is 23.7 Å². The highest BCUT2D eigenvalue weighted by Crippen LogP contribution is 2.36. The van der Waals surface area contributed by atoms with Crippen LogP contribution in [-0.4, -0.2) is 36.1 Å². The van der Waals surface area contributed by atoms with Gasteiger partial charge in [-0.15, -0.1) is 0 Å². The number of hydrogen-bond donors (Lipinski definition) is 1. The van der Waals surface area contributed by atoms with Crippen molar-refractivity contribution < 1.29 is 0 Å². The normalized spacial score (nSPS) is 16.1. The molecule has 0 aliphatic carbocycles. The van der Waals surface area contributed by atoms with Gasteiger partial charge in [-0.05, 0) is 75.3 Å². The summed E-state index contributed by atoms with van der Waals surface area (Å²) in [6.07, 6.45) is 6.13. The third kappa shape index (κ3) is 3.42. The van der Waals surface area contributed by atoms with Crippen molar-refractivity contribution in [2.24, 2.45) is 0 Å². The molecule has 0 bridgehead atoms. The molecule has 2 heterocycles. The molecule has 3 aromatic rings. The first-order chi connectivity index (χ1) is 12.6. The number of rotatable bonds is 3. The van der Waals surface area contributed by atoms with E-state index in [2.05, 4.69) is 53.4 Å². The van der Waals surface area contributed by atoms with Crippen LogP contribution in [0.15, 0.2) is 48.8 Å². The number of aryl methyl sites for hydroxylation is 1. The van der Waals surface area contributed by atoms with Crippen molar-refractivity contribution in [2.45, 2.75) is 25.8 Å². The zero-order valence-corrected chi connectivity index (χ0v) is 16.1. The number of benzene rings is 2. The minimum absolute atomic E-state index is 0.505. The van der Waals surface area contributed by atoms with Crippen LogP contribution in [0.4, 0.5) is 5.69 Å². The number of nitrogens with one attached hydrogen (secondary N) is 1. The Labute approximate surface area is 160 Å². The highest BCUT2D eigenvalue weighted by molar-refractivity contribution is 6.33. The van der Waals surface area contributed by atoms with Gasteiger partial charge in [0.2, 0.25) is 0 Å². The first-order valence-corrected chi connectivity index (χ1v) is 9.58. The van der Waals surface area contributed by atoms with Crippen LogP contribution in [0.1, 0.15) is 18.4 Å². The van der Waals surface area contributed by atoms with Crippen molar-refractivity contribution in [1.82, 2.24) is 9.88 Å². The van der Waals surface area contributed by atoms with Crippen LogP contribution in [0.3, 0.4) is 0 Å². The largest absolute Gasteiger partial charge is 0.382 e. The molecule has 26 heavy (non-hydrogen) atoms. The molecule has 0 amide bonds. The third-order valence-corrected chi connectivity index (χ3v) is 5.66. The van der Waals surface area contributed by atoms with Gasteiger partial charge in [-0.25, -0.2) is 0 Å². The summed E-state index contributed by atoms with van der Waals surface area (Å²) in [4.78, 5) is 6.72. The summed E-state index contributed by atoms with van der Waals surface area (Å²) in [6, 6.07) is 13.1. The Kier molecular flexibility index (Phi) is 4.84. The molecule has 2 aromatic carbocycles. The van der Waals surface area contributed by atoms with E-state index < -0.39 is 0 Å². The van der Waals surface area contributed by atoms with E-state index in [0.29, 0.717) is 6.04 Å². The zero-order valence-electron chi connectivity index (χ0n) is 15.3. The molecule has 1 saturated heterocycles. The van der Waals surface area contributed by atoms with Crippen LogP contribution in [0.5, 0.6) is 0 Å². The van der Waals surface area contributed by atoms with Gasteiger partial charge in [-0.3, -0.25) is 4.98 Å². The van der Waals surface area contributed by atoms with E-state index in [1.165, 1.54) is 29.5 Å². The minimum atomic E-state index is 0.505. The van der Waals surface area contributed by atoms with Crippen molar-refractivity contribution in [3.05, 3.63) is 59.4 Å². The minimum Gasteiger partial charge on any atom is -0.382 e.